The van der Waals surface area contributed by atoms with E-state index >= 15 is 0 Å². The second-order valence-electron chi connectivity index (χ2n) is 5.52. The Hall–Kier alpha value is -1.75. The number of aryl methyl sites for hydroxylation is 1. The van der Waals surface area contributed by atoms with E-state index in [1.807, 2.05) is 6.92 Å². The van der Waals surface area contributed by atoms with Gasteiger partial charge in [-0.15, -0.1) is 0 Å². The molecule has 0 aromatic heterocycles. The number of phenols is 2. The maximum atomic E-state index is 11.0. The number of carbonyl (C=O) groups is 1. The molecule has 1 rings (SSSR count). The Labute approximate surface area is 119 Å². The van der Waals surface area contributed by atoms with Crippen molar-refractivity contribution in [3.8, 4) is 11.5 Å². The zero-order chi connectivity index (χ0) is 15.3. The summed E-state index contributed by atoms with van der Waals surface area (Å²) in [6, 6.07) is 4.85. The summed E-state index contributed by atoms with van der Waals surface area (Å²) in [5.41, 5.74) is 5.20. The molecule has 5 nitrogen and oxygen atoms in total. The fourth-order valence-corrected chi connectivity index (χ4v) is 2.28. The molecule has 0 fully saturated rings. The second kappa shape index (κ2) is 6.61. The minimum absolute atomic E-state index is 0.101. The highest BCUT2D eigenvalue weighted by Gasteiger charge is 2.30. The van der Waals surface area contributed by atoms with Gasteiger partial charge >= 0.3 is 5.97 Å². The highest BCUT2D eigenvalue weighted by atomic mass is 16.4. The van der Waals surface area contributed by atoms with Gasteiger partial charge in [0.2, 0.25) is 0 Å². The first-order valence-corrected chi connectivity index (χ1v) is 6.80. The molecule has 0 aliphatic heterocycles. The molecule has 2 atom stereocenters. The molecule has 0 saturated carbocycles. The summed E-state index contributed by atoms with van der Waals surface area (Å²) >= 11 is 0. The van der Waals surface area contributed by atoms with Crippen LogP contribution in [0.4, 0.5) is 0 Å². The van der Waals surface area contributed by atoms with Crippen LogP contribution in [0.15, 0.2) is 18.2 Å². The van der Waals surface area contributed by atoms with E-state index in [1.54, 1.807) is 12.1 Å². The first-order chi connectivity index (χ1) is 9.27. The molecule has 0 aliphatic carbocycles. The average Bonchev–Trinajstić information content (AvgIpc) is 2.38. The lowest BCUT2D eigenvalue weighted by molar-refractivity contribution is -0.143. The molecule has 2 unspecified atom stereocenters. The van der Waals surface area contributed by atoms with Gasteiger partial charge in [-0.3, -0.25) is 4.79 Å². The van der Waals surface area contributed by atoms with E-state index in [1.165, 1.54) is 13.0 Å². The van der Waals surface area contributed by atoms with Gasteiger partial charge in [0.05, 0.1) is 0 Å². The molecule has 0 bridgehead atoms. The molecule has 0 aliphatic rings. The molecule has 0 spiro atoms. The van der Waals surface area contributed by atoms with Crippen LogP contribution in [-0.4, -0.2) is 26.8 Å². The van der Waals surface area contributed by atoms with E-state index in [2.05, 4.69) is 0 Å². The predicted octanol–water partition coefficient (Wildman–Crippen LogP) is 2.25. The van der Waals surface area contributed by atoms with Gasteiger partial charge in [-0.25, -0.2) is 0 Å². The van der Waals surface area contributed by atoms with Gasteiger partial charge in [0.1, 0.15) is 5.54 Å². The van der Waals surface area contributed by atoms with Crippen LogP contribution in [0.5, 0.6) is 11.5 Å². The topological polar surface area (TPSA) is 104 Å². The number of carboxylic acid groups (broad SMARTS) is 1. The van der Waals surface area contributed by atoms with Crippen LogP contribution in [0.25, 0.3) is 0 Å². The summed E-state index contributed by atoms with van der Waals surface area (Å²) in [4.78, 5) is 11.0. The van der Waals surface area contributed by atoms with E-state index in [9.17, 15) is 15.0 Å². The molecule has 1 aromatic rings. The normalized spacial score (nSPS) is 15.6. The van der Waals surface area contributed by atoms with Gasteiger partial charge in [0.15, 0.2) is 11.5 Å². The van der Waals surface area contributed by atoms with Gasteiger partial charge in [0, 0.05) is 0 Å². The summed E-state index contributed by atoms with van der Waals surface area (Å²) in [6.07, 6.45) is 2.50. The lowest BCUT2D eigenvalue weighted by Crippen LogP contribution is -2.46. The Kier molecular flexibility index (Phi) is 5.39. The van der Waals surface area contributed by atoms with Crippen LogP contribution in [-0.2, 0) is 11.2 Å². The minimum Gasteiger partial charge on any atom is -0.504 e. The molecule has 0 radical (unpaired) electrons. The summed E-state index contributed by atoms with van der Waals surface area (Å²) in [7, 11) is 0. The van der Waals surface area contributed by atoms with E-state index < -0.39 is 11.5 Å². The van der Waals surface area contributed by atoms with Gasteiger partial charge in [0.25, 0.3) is 0 Å². The number of carboxylic acids is 1. The second-order valence-corrected chi connectivity index (χ2v) is 5.52. The molecular formula is C15H23NO4. The van der Waals surface area contributed by atoms with Crippen molar-refractivity contribution in [1.29, 1.82) is 0 Å². The van der Waals surface area contributed by atoms with Crippen molar-refractivity contribution in [2.24, 2.45) is 11.7 Å². The van der Waals surface area contributed by atoms with Crippen LogP contribution in [0, 0.1) is 5.92 Å². The summed E-state index contributed by atoms with van der Waals surface area (Å²) in [5.74, 6) is -1.08. The third kappa shape index (κ3) is 4.13. The van der Waals surface area contributed by atoms with Crippen LogP contribution < -0.4 is 5.73 Å². The number of para-hydroxylation sites is 1. The first-order valence-electron chi connectivity index (χ1n) is 6.80. The highest BCUT2D eigenvalue weighted by molar-refractivity contribution is 5.77. The third-order valence-electron chi connectivity index (χ3n) is 3.70. The maximum absolute atomic E-state index is 11.0. The number of hydrogen-bond donors (Lipinski definition) is 4. The molecule has 20 heavy (non-hydrogen) atoms. The molecule has 0 saturated heterocycles. The minimum atomic E-state index is -1.23. The van der Waals surface area contributed by atoms with Crippen molar-refractivity contribution in [3.63, 3.8) is 0 Å². The van der Waals surface area contributed by atoms with Crippen molar-refractivity contribution in [2.75, 3.05) is 0 Å². The Morgan fingerprint density at radius 1 is 1.40 bits per heavy atom. The van der Waals surface area contributed by atoms with Crippen molar-refractivity contribution in [2.45, 2.75) is 45.1 Å². The van der Waals surface area contributed by atoms with Gasteiger partial charge < -0.3 is 21.1 Å². The standard InChI is InChI=1S/C15H23NO4/c1-3-10(9-15(2,16)14(19)20)7-8-11-5-4-6-12(17)13(11)18/h4-6,10,17-18H,3,7-9,16H2,1-2H3,(H,19,20). The lowest BCUT2D eigenvalue weighted by atomic mass is 9.84. The number of benzene rings is 1. The molecule has 112 valence electrons. The monoisotopic (exact) mass is 281 g/mol. The Balaban J connectivity index is 2.66. The Morgan fingerprint density at radius 3 is 2.60 bits per heavy atom. The SMILES string of the molecule is CCC(CCc1cccc(O)c1O)CC(C)(N)C(=O)O. The van der Waals surface area contributed by atoms with Crippen LogP contribution in [0.3, 0.4) is 0 Å². The lowest BCUT2D eigenvalue weighted by Gasteiger charge is -2.25. The fraction of sp³-hybridized carbons (Fsp3) is 0.533. The van der Waals surface area contributed by atoms with E-state index in [0.717, 1.165) is 6.42 Å². The quantitative estimate of drug-likeness (QED) is 0.574. The smallest absolute Gasteiger partial charge is 0.323 e. The van der Waals surface area contributed by atoms with Crippen molar-refractivity contribution >= 4 is 5.97 Å². The largest absolute Gasteiger partial charge is 0.504 e. The summed E-state index contributed by atoms with van der Waals surface area (Å²) in [6.45, 7) is 3.51. The van der Waals surface area contributed by atoms with Crippen LogP contribution in [0.2, 0.25) is 0 Å². The number of rotatable bonds is 7. The highest BCUT2D eigenvalue weighted by Crippen LogP contribution is 2.31. The van der Waals surface area contributed by atoms with Crippen molar-refractivity contribution < 1.29 is 20.1 Å². The van der Waals surface area contributed by atoms with Crippen LogP contribution >= 0.6 is 0 Å². The van der Waals surface area contributed by atoms with Crippen molar-refractivity contribution in [3.05, 3.63) is 23.8 Å². The zero-order valence-electron chi connectivity index (χ0n) is 12.0. The molecule has 0 heterocycles. The molecule has 0 amide bonds. The number of nitrogens with two attached hydrogens (primary N) is 1. The number of aliphatic carboxylic acids is 1. The van der Waals surface area contributed by atoms with E-state index in [-0.39, 0.29) is 17.4 Å². The maximum Gasteiger partial charge on any atom is 0.323 e. The van der Waals surface area contributed by atoms with E-state index in [4.69, 9.17) is 10.8 Å². The molecular weight excluding hydrogens is 258 g/mol. The summed E-state index contributed by atoms with van der Waals surface area (Å²) < 4.78 is 0. The number of aromatic hydroxyl groups is 2. The average molecular weight is 281 g/mol. The number of phenolic OH excluding ortho intramolecular Hbond substituents is 2. The number of hydrogen-bond acceptors (Lipinski definition) is 4. The fourth-order valence-electron chi connectivity index (χ4n) is 2.28. The third-order valence-corrected chi connectivity index (χ3v) is 3.70. The molecule has 5 N–H and O–H groups in total. The Morgan fingerprint density at radius 2 is 2.05 bits per heavy atom. The first kappa shape index (κ1) is 16.3. The van der Waals surface area contributed by atoms with Gasteiger partial charge in [-0.05, 0) is 43.7 Å². The van der Waals surface area contributed by atoms with Gasteiger partial charge in [-0.2, -0.15) is 0 Å². The summed E-state index contributed by atoms with van der Waals surface area (Å²) in [5, 5.41) is 28.2. The molecule has 1 aromatic carbocycles. The van der Waals surface area contributed by atoms with Crippen LogP contribution in [0.1, 0.15) is 38.7 Å². The van der Waals surface area contributed by atoms with E-state index in [0.29, 0.717) is 24.8 Å². The predicted molar refractivity (Wildman–Crippen MR) is 76.7 cm³/mol. The van der Waals surface area contributed by atoms with Gasteiger partial charge in [-0.1, -0.05) is 25.5 Å². The Bertz CT molecular complexity index is 471. The molecule has 5 heteroatoms. The zero-order valence-corrected chi connectivity index (χ0v) is 12.0. The van der Waals surface area contributed by atoms with Crippen molar-refractivity contribution in [1.82, 2.24) is 0 Å².